The molecule has 5 aliphatic rings. The van der Waals surface area contributed by atoms with Crippen LogP contribution in [0.25, 0.3) is 0 Å². The fourth-order valence-electron chi connectivity index (χ4n) is 7.17. The lowest BCUT2D eigenvalue weighted by molar-refractivity contribution is -0.146. The summed E-state index contributed by atoms with van der Waals surface area (Å²) in [6.45, 7) is 10.2. The third kappa shape index (κ3) is 2.22. The molecule has 0 N–H and O–H groups in total. The van der Waals surface area contributed by atoms with Gasteiger partial charge in [0, 0.05) is 24.4 Å². The molecular weight excluding hydrogens is 314 g/mol. The zero-order valence-electron chi connectivity index (χ0n) is 16.0. The topological polar surface area (TPSA) is 42.1 Å². The van der Waals surface area contributed by atoms with Crippen molar-refractivity contribution in [2.24, 2.45) is 29.1 Å². The summed E-state index contributed by atoms with van der Waals surface area (Å²) in [6, 6.07) is 0. The maximum Gasteiger partial charge on any atom is 0.311 e. The molecule has 0 unspecified atom stereocenters. The summed E-state index contributed by atoms with van der Waals surface area (Å²) < 4.78 is 12.5. The normalized spacial score (nSPS) is 55.1. The van der Waals surface area contributed by atoms with Gasteiger partial charge in [0.2, 0.25) is 0 Å². The standard InChI is InChI=1S/C21H33NO3/c1-13-6-5-9-22(11-13)12-15-17-16(24-19(15)23)10-20(3)8-4-7-14(2)21(20)18(17)25-21/h13-18H,4-12H2,1-3H3/t13-,14-,15+,16+,17-,18+,20+,21+/m1/s1. The van der Waals surface area contributed by atoms with Crippen molar-refractivity contribution in [3.05, 3.63) is 0 Å². The summed E-state index contributed by atoms with van der Waals surface area (Å²) >= 11 is 0. The highest BCUT2D eigenvalue weighted by atomic mass is 16.6. The predicted octanol–water partition coefficient (Wildman–Crippen LogP) is 3.24. The lowest BCUT2D eigenvalue weighted by atomic mass is 9.53. The Balaban J connectivity index is 1.39. The first kappa shape index (κ1) is 16.6. The van der Waals surface area contributed by atoms with Crippen LogP contribution in [0.15, 0.2) is 0 Å². The molecule has 0 aromatic carbocycles. The first-order chi connectivity index (χ1) is 11.9. The maximum atomic E-state index is 12.7. The van der Waals surface area contributed by atoms with Crippen LogP contribution in [0.4, 0.5) is 0 Å². The fraction of sp³-hybridized carbons (Fsp3) is 0.952. The van der Waals surface area contributed by atoms with Crippen LogP contribution in [-0.2, 0) is 14.3 Å². The largest absolute Gasteiger partial charge is 0.462 e. The molecule has 3 heterocycles. The molecule has 0 radical (unpaired) electrons. The Morgan fingerprint density at radius 3 is 2.88 bits per heavy atom. The van der Waals surface area contributed by atoms with Gasteiger partial charge in [0.05, 0.1) is 12.0 Å². The second kappa shape index (κ2) is 5.45. The number of nitrogens with zero attached hydrogens (tertiary/aromatic N) is 1. The monoisotopic (exact) mass is 347 g/mol. The van der Waals surface area contributed by atoms with E-state index in [1.165, 1.54) is 32.1 Å². The summed E-state index contributed by atoms with van der Waals surface area (Å²) in [5.41, 5.74) is 0.235. The summed E-state index contributed by atoms with van der Waals surface area (Å²) in [4.78, 5) is 15.3. The SMILES string of the molecule is C[C@@H]1CCCN(C[C@@H]2C(=O)O[C@H]3C[C@]4(C)CCC[C@@H](C)[C@@]45O[C@H]5[C@@H]32)C1. The number of fused-ring (bicyclic) bond motifs is 2. The molecule has 2 saturated carbocycles. The Kier molecular flexibility index (Phi) is 3.61. The molecule has 4 heteroatoms. The second-order valence-corrected chi connectivity index (χ2v) is 10.1. The molecule has 3 saturated heterocycles. The molecule has 1 spiro atoms. The van der Waals surface area contributed by atoms with E-state index in [2.05, 4.69) is 25.7 Å². The Morgan fingerprint density at radius 1 is 1.24 bits per heavy atom. The van der Waals surface area contributed by atoms with Crippen LogP contribution in [0.1, 0.15) is 59.3 Å². The Morgan fingerprint density at radius 2 is 2.08 bits per heavy atom. The van der Waals surface area contributed by atoms with Gasteiger partial charge in [-0.3, -0.25) is 4.79 Å². The average molecular weight is 347 g/mol. The van der Waals surface area contributed by atoms with Crippen molar-refractivity contribution < 1.29 is 14.3 Å². The van der Waals surface area contributed by atoms with Crippen molar-refractivity contribution >= 4 is 5.97 Å². The van der Waals surface area contributed by atoms with Gasteiger partial charge in [-0.2, -0.15) is 0 Å². The van der Waals surface area contributed by atoms with Crippen LogP contribution in [0, 0.1) is 29.1 Å². The van der Waals surface area contributed by atoms with Gasteiger partial charge in [0.15, 0.2) is 0 Å². The number of hydrogen-bond donors (Lipinski definition) is 0. The van der Waals surface area contributed by atoms with Crippen LogP contribution < -0.4 is 0 Å². The molecule has 0 aromatic rings. The van der Waals surface area contributed by atoms with E-state index in [1.54, 1.807) is 0 Å². The minimum absolute atomic E-state index is 0.0263. The van der Waals surface area contributed by atoms with Crippen molar-refractivity contribution in [2.75, 3.05) is 19.6 Å². The lowest BCUT2D eigenvalue weighted by Gasteiger charge is -2.49. The quantitative estimate of drug-likeness (QED) is 0.568. The number of likely N-dealkylation sites (tertiary alicyclic amines) is 1. The molecule has 5 fully saturated rings. The molecular formula is C21H33NO3. The molecule has 140 valence electrons. The number of rotatable bonds is 2. The molecule has 0 amide bonds. The number of esters is 1. The lowest BCUT2D eigenvalue weighted by Crippen LogP contribution is -2.54. The highest BCUT2D eigenvalue weighted by Gasteiger charge is 2.78. The first-order valence-corrected chi connectivity index (χ1v) is 10.6. The number of carbonyl (C=O) groups excluding carboxylic acids is 1. The van der Waals surface area contributed by atoms with Crippen LogP contribution in [0.2, 0.25) is 0 Å². The van der Waals surface area contributed by atoms with Gasteiger partial charge in [-0.15, -0.1) is 0 Å². The van der Waals surface area contributed by atoms with Crippen LogP contribution in [0.5, 0.6) is 0 Å². The van der Waals surface area contributed by atoms with Crippen molar-refractivity contribution in [3.63, 3.8) is 0 Å². The number of epoxide rings is 1. The van der Waals surface area contributed by atoms with Crippen molar-refractivity contribution in [1.29, 1.82) is 0 Å². The summed E-state index contributed by atoms with van der Waals surface area (Å²) in [6.07, 6.45) is 7.72. The van der Waals surface area contributed by atoms with Crippen LogP contribution in [-0.4, -0.2) is 48.3 Å². The van der Waals surface area contributed by atoms with Gasteiger partial charge in [-0.05, 0) is 50.5 Å². The molecule has 2 aliphatic carbocycles. The highest BCUT2D eigenvalue weighted by molar-refractivity contribution is 5.76. The summed E-state index contributed by atoms with van der Waals surface area (Å²) in [5.74, 6) is 1.73. The van der Waals surface area contributed by atoms with Gasteiger partial charge in [-0.1, -0.05) is 27.2 Å². The van der Waals surface area contributed by atoms with Gasteiger partial charge >= 0.3 is 5.97 Å². The molecule has 25 heavy (non-hydrogen) atoms. The Hall–Kier alpha value is -0.610. The predicted molar refractivity (Wildman–Crippen MR) is 95.0 cm³/mol. The van der Waals surface area contributed by atoms with E-state index in [0.717, 1.165) is 32.0 Å². The fourth-order valence-corrected chi connectivity index (χ4v) is 7.17. The van der Waals surface area contributed by atoms with E-state index < -0.39 is 0 Å². The molecule has 5 rings (SSSR count). The molecule has 8 atom stereocenters. The van der Waals surface area contributed by atoms with Gasteiger partial charge < -0.3 is 14.4 Å². The third-order valence-corrected chi connectivity index (χ3v) is 8.39. The van der Waals surface area contributed by atoms with E-state index in [4.69, 9.17) is 9.47 Å². The highest BCUT2D eigenvalue weighted by Crippen LogP contribution is 2.70. The van der Waals surface area contributed by atoms with Crippen LogP contribution in [0.3, 0.4) is 0 Å². The van der Waals surface area contributed by atoms with Crippen molar-refractivity contribution in [1.82, 2.24) is 4.90 Å². The third-order valence-electron chi connectivity index (χ3n) is 8.39. The summed E-state index contributed by atoms with van der Waals surface area (Å²) in [5, 5.41) is 0. The zero-order chi connectivity index (χ0) is 17.4. The smallest absolute Gasteiger partial charge is 0.311 e. The minimum atomic E-state index is 0.0263. The van der Waals surface area contributed by atoms with Crippen molar-refractivity contribution in [3.8, 4) is 0 Å². The van der Waals surface area contributed by atoms with E-state index in [0.29, 0.717) is 11.8 Å². The van der Waals surface area contributed by atoms with Crippen LogP contribution >= 0.6 is 0 Å². The van der Waals surface area contributed by atoms with E-state index in [-0.39, 0.29) is 35.1 Å². The molecule has 0 bridgehead atoms. The minimum Gasteiger partial charge on any atom is -0.462 e. The van der Waals surface area contributed by atoms with E-state index in [9.17, 15) is 4.79 Å². The van der Waals surface area contributed by atoms with Crippen molar-refractivity contribution in [2.45, 2.75) is 77.1 Å². The Labute approximate surface area is 151 Å². The number of piperidine rings is 1. The molecule has 3 aliphatic heterocycles. The van der Waals surface area contributed by atoms with E-state index >= 15 is 0 Å². The average Bonchev–Trinajstić information content (AvgIpc) is 3.23. The second-order valence-electron chi connectivity index (χ2n) is 10.1. The van der Waals surface area contributed by atoms with E-state index in [1.807, 2.05) is 0 Å². The first-order valence-electron chi connectivity index (χ1n) is 10.6. The number of carbonyl (C=O) groups is 1. The zero-order valence-corrected chi connectivity index (χ0v) is 16.0. The molecule has 4 nitrogen and oxygen atoms in total. The molecule has 0 aromatic heterocycles. The van der Waals surface area contributed by atoms with Gasteiger partial charge in [0.25, 0.3) is 0 Å². The number of hydrogen-bond acceptors (Lipinski definition) is 4. The van der Waals surface area contributed by atoms with Gasteiger partial charge in [0.1, 0.15) is 11.7 Å². The number of ether oxygens (including phenoxy) is 2. The summed E-state index contributed by atoms with van der Waals surface area (Å²) in [7, 11) is 0. The van der Waals surface area contributed by atoms with Gasteiger partial charge in [-0.25, -0.2) is 0 Å². The maximum absolute atomic E-state index is 12.7. The Bertz CT molecular complexity index is 579.